The second-order valence-electron chi connectivity index (χ2n) is 9.44. The van der Waals surface area contributed by atoms with Gasteiger partial charge in [0.15, 0.2) is 0 Å². The minimum Gasteiger partial charge on any atom is -0.497 e. The van der Waals surface area contributed by atoms with Crippen molar-refractivity contribution in [3.8, 4) is 11.5 Å². The molecule has 8 heteroatoms. The smallest absolute Gasteiger partial charge is 0.269 e. The van der Waals surface area contributed by atoms with E-state index < -0.39 is 17.9 Å². The number of carbonyl (C=O) groups excluding carboxylic acids is 3. The maximum absolute atomic E-state index is 13.1. The van der Waals surface area contributed by atoms with E-state index in [9.17, 15) is 14.4 Å². The molecule has 1 aromatic carbocycles. The van der Waals surface area contributed by atoms with Crippen LogP contribution in [-0.4, -0.2) is 38.0 Å². The molecule has 8 nitrogen and oxygen atoms in total. The predicted octanol–water partition coefficient (Wildman–Crippen LogP) is 2.19. The minimum atomic E-state index is -0.749. The molecule has 5 rings (SSSR count). The number of benzene rings is 1. The molecule has 31 heavy (non-hydrogen) atoms. The first kappa shape index (κ1) is 21.5. The van der Waals surface area contributed by atoms with Crippen molar-refractivity contribution >= 4 is 17.7 Å². The Morgan fingerprint density at radius 3 is 1.90 bits per heavy atom. The van der Waals surface area contributed by atoms with E-state index >= 15 is 0 Å². The largest absolute Gasteiger partial charge is 0.497 e. The summed E-state index contributed by atoms with van der Waals surface area (Å²) in [6, 6.07) is 3.99. The summed E-state index contributed by atoms with van der Waals surface area (Å²) in [7, 11) is 2.98. The van der Waals surface area contributed by atoms with Gasteiger partial charge in [0.05, 0.1) is 14.2 Å². The average Bonchev–Trinajstić information content (AvgIpc) is 2.75. The van der Waals surface area contributed by atoms with E-state index in [2.05, 4.69) is 16.2 Å². The van der Waals surface area contributed by atoms with Crippen LogP contribution < -0.4 is 25.6 Å². The fourth-order valence-corrected chi connectivity index (χ4v) is 6.04. The Morgan fingerprint density at radius 2 is 1.42 bits per heavy atom. The molecular weight excluding hydrogens is 398 g/mol. The predicted molar refractivity (Wildman–Crippen MR) is 113 cm³/mol. The van der Waals surface area contributed by atoms with Crippen LogP contribution in [0.15, 0.2) is 18.2 Å². The van der Waals surface area contributed by atoms with Gasteiger partial charge in [-0.15, -0.1) is 0 Å². The van der Waals surface area contributed by atoms with Crippen LogP contribution >= 0.6 is 0 Å². The van der Waals surface area contributed by atoms with Gasteiger partial charge in [0, 0.05) is 17.0 Å². The topological polar surface area (TPSA) is 106 Å². The van der Waals surface area contributed by atoms with Crippen molar-refractivity contribution in [2.24, 2.45) is 23.2 Å². The molecular formula is C23H31N3O5. The van der Waals surface area contributed by atoms with E-state index in [1.165, 1.54) is 33.5 Å². The average molecular weight is 430 g/mol. The summed E-state index contributed by atoms with van der Waals surface area (Å²) < 4.78 is 10.3. The molecule has 4 aliphatic carbocycles. The van der Waals surface area contributed by atoms with Crippen molar-refractivity contribution < 1.29 is 23.9 Å². The summed E-state index contributed by atoms with van der Waals surface area (Å²) in [5, 5.41) is 2.89. The summed E-state index contributed by atoms with van der Waals surface area (Å²) in [5.41, 5.74) is 4.75. The molecule has 0 aliphatic heterocycles. The molecule has 0 heterocycles. The van der Waals surface area contributed by atoms with E-state index in [0.29, 0.717) is 29.3 Å². The van der Waals surface area contributed by atoms with Crippen LogP contribution in [0.2, 0.25) is 0 Å². The first-order chi connectivity index (χ1) is 14.8. The van der Waals surface area contributed by atoms with Crippen molar-refractivity contribution in [2.45, 2.75) is 51.5 Å². The Balaban J connectivity index is 1.32. The zero-order chi connectivity index (χ0) is 22.2. The molecule has 168 valence electrons. The van der Waals surface area contributed by atoms with Gasteiger partial charge in [-0.25, -0.2) is 0 Å². The molecule has 4 aliphatic rings. The highest BCUT2D eigenvalue weighted by Crippen LogP contribution is 2.60. The third kappa shape index (κ3) is 4.34. The Kier molecular flexibility index (Phi) is 5.81. The highest BCUT2D eigenvalue weighted by atomic mass is 16.5. The van der Waals surface area contributed by atoms with Crippen LogP contribution in [0.1, 0.15) is 55.8 Å². The fourth-order valence-electron chi connectivity index (χ4n) is 6.04. The second-order valence-corrected chi connectivity index (χ2v) is 9.44. The quantitative estimate of drug-likeness (QED) is 0.601. The van der Waals surface area contributed by atoms with Gasteiger partial charge in [-0.05, 0) is 75.3 Å². The SMILES string of the molecule is COc1cc(OC)cc(C(=O)NNC(=O)[C@H](C)NC(=O)C23CC4CC(CC(C4)C2)C3)c1. The molecule has 0 spiro atoms. The number of ether oxygens (including phenoxy) is 2. The summed E-state index contributed by atoms with van der Waals surface area (Å²) >= 11 is 0. The van der Waals surface area contributed by atoms with Crippen molar-refractivity contribution in [3.63, 3.8) is 0 Å². The summed E-state index contributed by atoms with van der Waals surface area (Å²) in [6.45, 7) is 1.63. The number of carbonyl (C=O) groups is 3. The number of hydrogen-bond acceptors (Lipinski definition) is 5. The van der Waals surface area contributed by atoms with E-state index in [0.717, 1.165) is 19.3 Å². The van der Waals surface area contributed by atoms with Crippen LogP contribution in [-0.2, 0) is 9.59 Å². The number of hydrazine groups is 1. The lowest BCUT2D eigenvalue weighted by molar-refractivity contribution is -0.148. The highest BCUT2D eigenvalue weighted by molar-refractivity contribution is 5.97. The molecule has 4 fully saturated rings. The van der Waals surface area contributed by atoms with E-state index in [-0.39, 0.29) is 16.9 Å². The first-order valence-electron chi connectivity index (χ1n) is 11.0. The van der Waals surface area contributed by atoms with Crippen LogP contribution in [0.3, 0.4) is 0 Å². The molecule has 0 radical (unpaired) electrons. The second kappa shape index (κ2) is 8.40. The molecule has 3 amide bonds. The van der Waals surface area contributed by atoms with Gasteiger partial charge < -0.3 is 14.8 Å². The number of hydrogen-bond donors (Lipinski definition) is 3. The summed E-state index contributed by atoms with van der Waals surface area (Å²) in [6.07, 6.45) is 6.58. The van der Waals surface area contributed by atoms with Gasteiger partial charge in [-0.2, -0.15) is 0 Å². The highest BCUT2D eigenvalue weighted by Gasteiger charge is 2.54. The van der Waals surface area contributed by atoms with Gasteiger partial charge >= 0.3 is 0 Å². The van der Waals surface area contributed by atoms with E-state index in [1.807, 2.05) is 0 Å². The van der Waals surface area contributed by atoms with Crippen LogP contribution in [0.25, 0.3) is 0 Å². The lowest BCUT2D eigenvalue weighted by Gasteiger charge is -2.55. The third-order valence-electron chi connectivity index (χ3n) is 7.17. The maximum Gasteiger partial charge on any atom is 0.269 e. The molecule has 0 aromatic heterocycles. The fraction of sp³-hybridized carbons (Fsp3) is 0.609. The Morgan fingerprint density at radius 1 is 0.903 bits per heavy atom. The molecule has 4 bridgehead atoms. The zero-order valence-electron chi connectivity index (χ0n) is 18.3. The molecule has 1 atom stereocenters. The van der Waals surface area contributed by atoms with Crippen molar-refractivity contribution in [1.82, 2.24) is 16.2 Å². The van der Waals surface area contributed by atoms with Gasteiger partial charge in [0.25, 0.3) is 11.8 Å². The van der Waals surface area contributed by atoms with E-state index in [4.69, 9.17) is 9.47 Å². The molecule has 1 aromatic rings. The Labute approximate surface area is 182 Å². The molecule has 4 saturated carbocycles. The third-order valence-corrected chi connectivity index (χ3v) is 7.17. The standard InChI is InChI=1S/C23H31N3O5/c1-13(24-22(29)23-10-14-4-15(11-23)6-16(5-14)12-23)20(27)25-26-21(28)17-7-18(30-2)9-19(8-17)31-3/h7-9,13-16H,4-6,10-12H2,1-3H3,(H,24,29)(H,25,27)(H,26,28)/t13-,14?,15?,16?,23?/m0/s1. The Bertz CT molecular complexity index is 826. The normalized spacial score (nSPS) is 29.1. The van der Waals surface area contributed by atoms with Crippen LogP contribution in [0, 0.1) is 23.2 Å². The maximum atomic E-state index is 13.1. The monoisotopic (exact) mass is 429 g/mol. The van der Waals surface area contributed by atoms with E-state index in [1.54, 1.807) is 25.1 Å². The number of rotatable bonds is 6. The summed E-state index contributed by atoms with van der Waals surface area (Å²) in [5.74, 6) is 1.89. The molecule has 0 saturated heterocycles. The van der Waals surface area contributed by atoms with Crippen molar-refractivity contribution in [2.75, 3.05) is 14.2 Å². The Hall–Kier alpha value is -2.77. The molecule has 3 N–H and O–H groups in total. The zero-order valence-corrected chi connectivity index (χ0v) is 18.3. The summed E-state index contributed by atoms with van der Waals surface area (Å²) in [4.78, 5) is 38.0. The molecule has 0 unspecified atom stereocenters. The van der Waals surface area contributed by atoms with Crippen LogP contribution in [0.5, 0.6) is 11.5 Å². The number of methoxy groups -OCH3 is 2. The van der Waals surface area contributed by atoms with Crippen molar-refractivity contribution in [3.05, 3.63) is 23.8 Å². The van der Waals surface area contributed by atoms with Gasteiger partial charge in [0.1, 0.15) is 17.5 Å². The van der Waals surface area contributed by atoms with Crippen LogP contribution in [0.4, 0.5) is 0 Å². The van der Waals surface area contributed by atoms with Gasteiger partial charge in [-0.1, -0.05) is 0 Å². The minimum absolute atomic E-state index is 0.0156. The van der Waals surface area contributed by atoms with Crippen molar-refractivity contribution in [1.29, 1.82) is 0 Å². The lowest BCUT2D eigenvalue weighted by atomic mass is 9.49. The number of amides is 3. The lowest BCUT2D eigenvalue weighted by Crippen LogP contribution is -2.57. The first-order valence-corrected chi connectivity index (χ1v) is 11.0. The number of nitrogens with one attached hydrogen (secondary N) is 3. The van der Waals surface area contributed by atoms with Gasteiger partial charge in [-0.3, -0.25) is 25.2 Å². The van der Waals surface area contributed by atoms with Gasteiger partial charge in [0.2, 0.25) is 5.91 Å².